The highest BCUT2D eigenvalue weighted by atomic mass is 79.9. The summed E-state index contributed by atoms with van der Waals surface area (Å²) in [6.45, 7) is 14.0. The fourth-order valence-corrected chi connectivity index (χ4v) is 6.79. The molecule has 0 spiro atoms. The van der Waals surface area contributed by atoms with E-state index in [1.807, 2.05) is 24.8 Å². The van der Waals surface area contributed by atoms with E-state index in [1.54, 1.807) is 18.0 Å². The standard InChI is InChI=1S/C29H37N3O3S.BrH/c1-8-35-24-13-18-15-32(26(30)19(18)14-20(24)27(34)31-7)16-23(33)17-11-21(28(2,3)4)25-22(12-17)29(5,6)9-10-36-25;/h11-14,30H,8-10,15-16H2,1-7H3,(H,31,34);1H. The van der Waals surface area contributed by atoms with Crippen LogP contribution in [0, 0.1) is 5.41 Å². The highest BCUT2D eigenvalue weighted by molar-refractivity contribution is 8.93. The molecule has 8 heteroatoms. The van der Waals surface area contributed by atoms with E-state index >= 15 is 0 Å². The van der Waals surface area contributed by atoms with Gasteiger partial charge < -0.3 is 15.0 Å². The average Bonchev–Trinajstić information content (AvgIpc) is 3.11. The van der Waals surface area contributed by atoms with E-state index in [9.17, 15) is 9.59 Å². The Morgan fingerprint density at radius 1 is 1.19 bits per heavy atom. The Hall–Kier alpha value is -2.32. The molecule has 2 aromatic carbocycles. The van der Waals surface area contributed by atoms with Gasteiger partial charge in [0, 0.05) is 29.6 Å². The lowest BCUT2D eigenvalue weighted by Crippen LogP contribution is -2.31. The van der Waals surface area contributed by atoms with Gasteiger partial charge in [-0.1, -0.05) is 34.6 Å². The van der Waals surface area contributed by atoms with Gasteiger partial charge in [-0.2, -0.15) is 0 Å². The quantitative estimate of drug-likeness (QED) is 0.398. The molecule has 0 fully saturated rings. The maximum atomic E-state index is 13.6. The van der Waals surface area contributed by atoms with Crippen molar-refractivity contribution >= 4 is 46.3 Å². The van der Waals surface area contributed by atoms with Crippen molar-refractivity contribution in [1.82, 2.24) is 10.2 Å². The zero-order chi connectivity index (χ0) is 26.4. The topological polar surface area (TPSA) is 82.5 Å². The van der Waals surface area contributed by atoms with Crippen LogP contribution in [0.4, 0.5) is 0 Å². The van der Waals surface area contributed by atoms with Crippen molar-refractivity contribution in [3.05, 3.63) is 57.6 Å². The van der Waals surface area contributed by atoms with Crippen LogP contribution >= 0.6 is 28.7 Å². The average molecular weight is 589 g/mol. The number of benzene rings is 2. The van der Waals surface area contributed by atoms with Crippen molar-refractivity contribution in [2.45, 2.75) is 70.2 Å². The van der Waals surface area contributed by atoms with Crippen LogP contribution in [0.15, 0.2) is 29.2 Å². The molecule has 0 atom stereocenters. The number of carbonyl (C=O) groups is 2. The lowest BCUT2D eigenvalue weighted by Gasteiger charge is -2.36. The van der Waals surface area contributed by atoms with Crippen molar-refractivity contribution in [3.63, 3.8) is 0 Å². The van der Waals surface area contributed by atoms with E-state index < -0.39 is 0 Å². The van der Waals surface area contributed by atoms with Gasteiger partial charge in [0.05, 0.1) is 18.7 Å². The van der Waals surface area contributed by atoms with Crippen molar-refractivity contribution < 1.29 is 14.3 Å². The molecule has 0 saturated carbocycles. The van der Waals surface area contributed by atoms with Gasteiger partial charge in [0.15, 0.2) is 5.78 Å². The Morgan fingerprint density at radius 2 is 1.89 bits per heavy atom. The molecular formula is C29H38BrN3O3S. The van der Waals surface area contributed by atoms with Crippen molar-refractivity contribution in [3.8, 4) is 5.75 Å². The summed E-state index contributed by atoms with van der Waals surface area (Å²) in [5, 5.41) is 11.4. The fraction of sp³-hybridized carbons (Fsp3) is 0.483. The van der Waals surface area contributed by atoms with E-state index in [4.69, 9.17) is 10.1 Å². The number of rotatable bonds is 6. The first kappa shape index (κ1) is 29.2. The van der Waals surface area contributed by atoms with Crippen LogP contribution in [0.25, 0.3) is 0 Å². The molecule has 2 aliphatic heterocycles. The number of hydrogen-bond acceptors (Lipinski definition) is 5. The lowest BCUT2D eigenvalue weighted by molar-refractivity contribution is 0.0953. The minimum absolute atomic E-state index is 0. The van der Waals surface area contributed by atoms with Crippen molar-refractivity contribution in [2.75, 3.05) is 26.0 Å². The van der Waals surface area contributed by atoms with Crippen LogP contribution in [0.2, 0.25) is 0 Å². The summed E-state index contributed by atoms with van der Waals surface area (Å²) < 4.78 is 5.70. The van der Waals surface area contributed by atoms with Gasteiger partial charge in [0.1, 0.15) is 11.6 Å². The highest BCUT2D eigenvalue weighted by Crippen LogP contribution is 2.46. The number of ether oxygens (including phenoxy) is 1. The smallest absolute Gasteiger partial charge is 0.254 e. The largest absolute Gasteiger partial charge is 0.493 e. The molecule has 37 heavy (non-hydrogen) atoms. The van der Waals surface area contributed by atoms with E-state index in [-0.39, 0.29) is 51.9 Å². The third-order valence-electron chi connectivity index (χ3n) is 7.17. The van der Waals surface area contributed by atoms with Crippen LogP contribution in [-0.4, -0.2) is 48.4 Å². The van der Waals surface area contributed by atoms with E-state index in [0.717, 1.165) is 17.7 Å². The predicted octanol–water partition coefficient (Wildman–Crippen LogP) is 6.12. The summed E-state index contributed by atoms with van der Waals surface area (Å²) in [6, 6.07) is 7.70. The normalized spacial score (nSPS) is 16.0. The Labute approximate surface area is 235 Å². The molecule has 0 radical (unpaired) electrons. The minimum atomic E-state index is -0.257. The van der Waals surface area contributed by atoms with E-state index in [1.165, 1.54) is 16.0 Å². The van der Waals surface area contributed by atoms with Gasteiger partial charge in [0.25, 0.3) is 5.91 Å². The van der Waals surface area contributed by atoms with Crippen LogP contribution in [0.5, 0.6) is 5.75 Å². The molecule has 2 aromatic rings. The van der Waals surface area contributed by atoms with Gasteiger partial charge in [-0.15, -0.1) is 28.7 Å². The van der Waals surface area contributed by atoms with Gasteiger partial charge in [-0.05, 0) is 70.9 Å². The monoisotopic (exact) mass is 587 g/mol. The van der Waals surface area contributed by atoms with Crippen LogP contribution in [-0.2, 0) is 17.4 Å². The van der Waals surface area contributed by atoms with E-state index in [2.05, 4.69) is 52.1 Å². The number of nitrogens with one attached hydrogen (secondary N) is 2. The number of amides is 1. The number of amidine groups is 1. The maximum Gasteiger partial charge on any atom is 0.254 e. The predicted molar refractivity (Wildman–Crippen MR) is 156 cm³/mol. The molecule has 0 saturated heterocycles. The first-order valence-electron chi connectivity index (χ1n) is 12.6. The van der Waals surface area contributed by atoms with Crippen LogP contribution in [0.1, 0.15) is 90.9 Å². The Balaban J connectivity index is 0.00000380. The number of fused-ring (bicyclic) bond motifs is 2. The van der Waals surface area contributed by atoms with Crippen LogP contribution < -0.4 is 10.1 Å². The Kier molecular flexibility index (Phi) is 8.54. The first-order valence-corrected chi connectivity index (χ1v) is 13.6. The van der Waals surface area contributed by atoms with Gasteiger partial charge in [0.2, 0.25) is 0 Å². The zero-order valence-corrected chi connectivity index (χ0v) is 25.4. The molecule has 0 bridgehead atoms. The summed E-state index contributed by atoms with van der Waals surface area (Å²) in [5.74, 6) is 1.59. The van der Waals surface area contributed by atoms with Crippen LogP contribution in [0.3, 0.4) is 0 Å². The number of halogens is 1. The van der Waals surface area contributed by atoms with Gasteiger partial charge in [-0.3, -0.25) is 15.0 Å². The second-order valence-corrected chi connectivity index (χ2v) is 12.4. The van der Waals surface area contributed by atoms with Crippen molar-refractivity contribution in [1.29, 1.82) is 5.41 Å². The Bertz CT molecular complexity index is 1230. The van der Waals surface area contributed by atoms with Crippen molar-refractivity contribution in [2.24, 2.45) is 0 Å². The molecule has 1 amide bonds. The molecule has 4 rings (SSSR count). The fourth-order valence-electron chi connectivity index (χ4n) is 4.96. The third kappa shape index (κ3) is 5.60. The van der Waals surface area contributed by atoms with Gasteiger partial charge >= 0.3 is 0 Å². The number of carbonyl (C=O) groups excluding carboxylic acids is 2. The number of thioether (sulfide) groups is 1. The minimum Gasteiger partial charge on any atom is -0.493 e. The molecule has 0 aliphatic carbocycles. The summed E-state index contributed by atoms with van der Waals surface area (Å²) in [6.07, 6.45) is 1.08. The van der Waals surface area contributed by atoms with Gasteiger partial charge in [-0.25, -0.2) is 0 Å². The Morgan fingerprint density at radius 3 is 2.51 bits per heavy atom. The second-order valence-electron chi connectivity index (χ2n) is 11.3. The molecule has 200 valence electrons. The molecule has 2 N–H and O–H groups in total. The maximum absolute atomic E-state index is 13.6. The molecular weight excluding hydrogens is 550 g/mol. The number of nitrogens with zero attached hydrogens (tertiary/aromatic N) is 1. The van der Waals surface area contributed by atoms with E-state index in [0.29, 0.717) is 35.6 Å². The number of Topliss-reactive ketones (excluding diaryl/α,β-unsaturated/α-hetero) is 1. The summed E-state index contributed by atoms with van der Waals surface area (Å²) in [7, 11) is 1.58. The zero-order valence-electron chi connectivity index (χ0n) is 22.8. The molecule has 6 nitrogen and oxygen atoms in total. The summed E-state index contributed by atoms with van der Waals surface area (Å²) in [5.41, 5.74) is 5.08. The number of hydrogen-bond donors (Lipinski definition) is 2. The SMILES string of the molecule is Br.CCOc1cc2c(cc1C(=O)NC)C(=N)N(CC(=O)c1cc(C(C)(C)C)c3c(c1)C(C)(C)CCS3)C2. The third-order valence-corrected chi connectivity index (χ3v) is 8.30. The lowest BCUT2D eigenvalue weighted by atomic mass is 9.76. The molecule has 2 heterocycles. The molecule has 0 unspecified atom stereocenters. The first-order chi connectivity index (χ1) is 16.9. The summed E-state index contributed by atoms with van der Waals surface area (Å²) in [4.78, 5) is 29.1. The highest BCUT2D eigenvalue weighted by Gasteiger charge is 2.34. The molecule has 0 aromatic heterocycles. The second kappa shape index (κ2) is 10.8. The molecule has 2 aliphatic rings. The summed E-state index contributed by atoms with van der Waals surface area (Å²) >= 11 is 1.90. The number of ketones is 1.